The van der Waals surface area contributed by atoms with E-state index in [1.165, 1.54) is 5.56 Å². The molecule has 0 bridgehead atoms. The van der Waals surface area contributed by atoms with E-state index in [-0.39, 0.29) is 5.91 Å². The maximum Gasteiger partial charge on any atom is 0.249 e. The minimum Gasteiger partial charge on any atom is -0.381 e. The molecule has 1 amide bonds. The molecule has 0 fully saturated rings. The Morgan fingerprint density at radius 3 is 2.37 bits per heavy atom. The third kappa shape index (κ3) is 3.13. The van der Waals surface area contributed by atoms with Gasteiger partial charge in [-0.3, -0.25) is 4.79 Å². The zero-order valence-corrected chi connectivity index (χ0v) is 11.0. The van der Waals surface area contributed by atoms with E-state index in [2.05, 4.69) is 18.3 Å². The topological polar surface area (TPSA) is 55.1 Å². The van der Waals surface area contributed by atoms with Crippen LogP contribution in [0.3, 0.4) is 0 Å². The Morgan fingerprint density at radius 1 is 1.05 bits per heavy atom. The van der Waals surface area contributed by atoms with E-state index in [4.69, 9.17) is 5.73 Å². The predicted molar refractivity (Wildman–Crippen MR) is 78.1 cm³/mol. The number of benzene rings is 2. The van der Waals surface area contributed by atoms with Crippen molar-refractivity contribution in [1.82, 2.24) is 0 Å². The summed E-state index contributed by atoms with van der Waals surface area (Å²) in [5.41, 5.74) is 9.23. The molecule has 2 rings (SSSR count). The van der Waals surface area contributed by atoms with Gasteiger partial charge < -0.3 is 11.1 Å². The van der Waals surface area contributed by atoms with Crippen LogP contribution in [-0.4, -0.2) is 5.91 Å². The van der Waals surface area contributed by atoms with Crippen molar-refractivity contribution >= 4 is 11.6 Å². The van der Waals surface area contributed by atoms with E-state index in [0.29, 0.717) is 12.1 Å². The first-order valence-corrected chi connectivity index (χ1v) is 6.42. The fourth-order valence-corrected chi connectivity index (χ4v) is 2.11. The maximum absolute atomic E-state index is 11.4. The number of nitrogens with one attached hydrogen (secondary N) is 1. The van der Waals surface area contributed by atoms with Crippen molar-refractivity contribution in [1.29, 1.82) is 0 Å². The molecule has 0 unspecified atom stereocenters. The first kappa shape index (κ1) is 13.1. The number of nitrogens with two attached hydrogens (primary N) is 1. The van der Waals surface area contributed by atoms with Crippen molar-refractivity contribution in [2.45, 2.75) is 19.9 Å². The minimum atomic E-state index is -0.388. The summed E-state index contributed by atoms with van der Waals surface area (Å²) in [4.78, 5) is 11.4. The number of amides is 1. The van der Waals surface area contributed by atoms with Crippen LogP contribution in [0.2, 0.25) is 0 Å². The second kappa shape index (κ2) is 6.05. The van der Waals surface area contributed by atoms with E-state index in [0.717, 1.165) is 17.7 Å². The van der Waals surface area contributed by atoms with Gasteiger partial charge in [-0.1, -0.05) is 43.3 Å². The lowest BCUT2D eigenvalue weighted by Gasteiger charge is -2.12. The van der Waals surface area contributed by atoms with Gasteiger partial charge in [0.2, 0.25) is 5.91 Å². The van der Waals surface area contributed by atoms with Gasteiger partial charge in [-0.25, -0.2) is 0 Å². The van der Waals surface area contributed by atoms with Crippen molar-refractivity contribution in [3.05, 3.63) is 65.2 Å². The number of rotatable bonds is 5. The summed E-state index contributed by atoms with van der Waals surface area (Å²) in [7, 11) is 0. The van der Waals surface area contributed by atoms with Gasteiger partial charge >= 0.3 is 0 Å². The van der Waals surface area contributed by atoms with E-state index in [1.807, 2.05) is 36.4 Å². The number of para-hydroxylation sites is 1. The number of hydrogen-bond donors (Lipinski definition) is 2. The highest BCUT2D eigenvalue weighted by atomic mass is 16.1. The van der Waals surface area contributed by atoms with Gasteiger partial charge in [0.1, 0.15) is 0 Å². The average Bonchev–Trinajstić information content (AvgIpc) is 2.45. The third-order valence-corrected chi connectivity index (χ3v) is 3.15. The molecule has 0 atom stereocenters. The fourth-order valence-electron chi connectivity index (χ4n) is 2.11. The van der Waals surface area contributed by atoms with Gasteiger partial charge in [0.15, 0.2) is 0 Å². The number of anilines is 1. The van der Waals surface area contributed by atoms with Gasteiger partial charge in [0.25, 0.3) is 0 Å². The first-order valence-electron chi connectivity index (χ1n) is 6.42. The number of carbonyl (C=O) groups is 1. The van der Waals surface area contributed by atoms with Gasteiger partial charge in [-0.05, 0) is 29.7 Å². The summed E-state index contributed by atoms with van der Waals surface area (Å²) in [6.45, 7) is 2.72. The molecule has 0 saturated heterocycles. The summed E-state index contributed by atoms with van der Waals surface area (Å²) in [6.07, 6.45) is 0.973. The van der Waals surface area contributed by atoms with Gasteiger partial charge in [0, 0.05) is 17.8 Å². The second-order valence-electron chi connectivity index (χ2n) is 4.39. The Labute approximate surface area is 113 Å². The van der Waals surface area contributed by atoms with E-state index >= 15 is 0 Å². The number of carbonyl (C=O) groups excluding carboxylic acids is 1. The summed E-state index contributed by atoms with van der Waals surface area (Å²) in [5, 5.41) is 3.37. The van der Waals surface area contributed by atoms with Crippen molar-refractivity contribution in [3.63, 3.8) is 0 Å². The second-order valence-corrected chi connectivity index (χ2v) is 4.39. The van der Waals surface area contributed by atoms with Crippen LogP contribution in [0.5, 0.6) is 0 Å². The summed E-state index contributed by atoms with van der Waals surface area (Å²) in [6, 6.07) is 15.6. The third-order valence-electron chi connectivity index (χ3n) is 3.15. The minimum absolute atomic E-state index is 0.388. The molecule has 3 heteroatoms. The Hall–Kier alpha value is -2.29. The van der Waals surface area contributed by atoms with E-state index < -0.39 is 0 Å². The number of primary amides is 1. The van der Waals surface area contributed by atoms with E-state index in [1.54, 1.807) is 6.07 Å². The Balaban J connectivity index is 2.17. The molecule has 0 radical (unpaired) electrons. The standard InChI is InChI=1S/C16H18N2O/c1-2-12-7-4-6-10-15(12)18-11-13-8-3-5-9-14(13)16(17)19/h3-10,18H,2,11H2,1H3,(H2,17,19). The zero-order chi connectivity index (χ0) is 13.7. The predicted octanol–water partition coefficient (Wildman–Crippen LogP) is 2.96. The summed E-state index contributed by atoms with van der Waals surface area (Å²) >= 11 is 0. The zero-order valence-electron chi connectivity index (χ0n) is 11.0. The summed E-state index contributed by atoms with van der Waals surface area (Å²) < 4.78 is 0. The highest BCUT2D eigenvalue weighted by molar-refractivity contribution is 5.94. The van der Waals surface area contributed by atoms with Gasteiger partial charge in [-0.15, -0.1) is 0 Å². The molecular formula is C16H18N2O. The highest BCUT2D eigenvalue weighted by Crippen LogP contribution is 2.17. The molecule has 0 aliphatic rings. The van der Waals surface area contributed by atoms with Crippen LogP contribution in [0.15, 0.2) is 48.5 Å². The Bertz CT molecular complexity index is 578. The fraction of sp³-hybridized carbons (Fsp3) is 0.188. The first-order chi connectivity index (χ1) is 9.22. The van der Waals surface area contributed by atoms with Crippen LogP contribution < -0.4 is 11.1 Å². The van der Waals surface area contributed by atoms with Crippen molar-refractivity contribution in [2.24, 2.45) is 5.73 Å². The van der Waals surface area contributed by atoms with Crippen molar-refractivity contribution < 1.29 is 4.79 Å². The largest absolute Gasteiger partial charge is 0.381 e. The Morgan fingerprint density at radius 2 is 1.68 bits per heavy atom. The lowest BCUT2D eigenvalue weighted by Crippen LogP contribution is -2.15. The van der Waals surface area contributed by atoms with Crippen LogP contribution in [0.25, 0.3) is 0 Å². The molecule has 0 aliphatic heterocycles. The van der Waals surface area contributed by atoms with Crippen LogP contribution in [0, 0.1) is 0 Å². The molecule has 0 spiro atoms. The smallest absolute Gasteiger partial charge is 0.249 e. The molecule has 19 heavy (non-hydrogen) atoms. The Kier molecular flexibility index (Phi) is 4.18. The van der Waals surface area contributed by atoms with Crippen molar-refractivity contribution in [2.75, 3.05) is 5.32 Å². The van der Waals surface area contributed by atoms with Crippen LogP contribution >= 0.6 is 0 Å². The SMILES string of the molecule is CCc1ccccc1NCc1ccccc1C(N)=O. The monoisotopic (exact) mass is 254 g/mol. The molecule has 3 nitrogen and oxygen atoms in total. The average molecular weight is 254 g/mol. The number of aryl methyl sites for hydroxylation is 1. The normalized spacial score (nSPS) is 10.2. The molecule has 0 heterocycles. The maximum atomic E-state index is 11.4. The summed E-state index contributed by atoms with van der Waals surface area (Å²) in [5.74, 6) is -0.388. The quantitative estimate of drug-likeness (QED) is 0.862. The molecule has 3 N–H and O–H groups in total. The molecule has 2 aromatic carbocycles. The molecule has 2 aromatic rings. The van der Waals surface area contributed by atoms with Crippen LogP contribution in [-0.2, 0) is 13.0 Å². The van der Waals surface area contributed by atoms with Gasteiger partial charge in [-0.2, -0.15) is 0 Å². The molecule has 0 aromatic heterocycles. The molecule has 0 aliphatic carbocycles. The molecular weight excluding hydrogens is 236 g/mol. The van der Waals surface area contributed by atoms with Gasteiger partial charge in [0.05, 0.1) is 0 Å². The van der Waals surface area contributed by atoms with Crippen molar-refractivity contribution in [3.8, 4) is 0 Å². The lowest BCUT2D eigenvalue weighted by molar-refractivity contribution is 0.0999. The molecule has 98 valence electrons. The number of hydrogen-bond acceptors (Lipinski definition) is 2. The van der Waals surface area contributed by atoms with E-state index in [9.17, 15) is 4.79 Å². The molecule has 0 saturated carbocycles. The highest BCUT2D eigenvalue weighted by Gasteiger charge is 2.07. The van der Waals surface area contributed by atoms with Crippen LogP contribution in [0.4, 0.5) is 5.69 Å². The lowest BCUT2D eigenvalue weighted by atomic mass is 10.1. The van der Waals surface area contributed by atoms with Crippen LogP contribution in [0.1, 0.15) is 28.4 Å².